The third-order valence-corrected chi connectivity index (χ3v) is 4.02. The first-order valence-electron chi connectivity index (χ1n) is 7.54. The largest absolute Gasteiger partial charge is 0.325 e. The van der Waals surface area contributed by atoms with Gasteiger partial charge in [0.05, 0.1) is 11.1 Å². The lowest BCUT2D eigenvalue weighted by Crippen LogP contribution is -2.11. The molecule has 0 radical (unpaired) electrons. The van der Waals surface area contributed by atoms with Crippen LogP contribution in [0.1, 0.15) is 51.0 Å². The zero-order valence-corrected chi connectivity index (χ0v) is 13.7. The summed E-state index contributed by atoms with van der Waals surface area (Å²) >= 11 is 5.92. The molecular formula is C17H22ClN3. The number of imidazole rings is 1. The minimum absolute atomic E-state index is 0.365. The predicted octanol–water partition coefficient (Wildman–Crippen LogP) is 4.69. The van der Waals surface area contributed by atoms with Gasteiger partial charge in [0.25, 0.3) is 0 Å². The van der Waals surface area contributed by atoms with Crippen molar-refractivity contribution in [3.8, 4) is 6.07 Å². The van der Waals surface area contributed by atoms with Crippen LogP contribution < -0.4 is 0 Å². The molecule has 0 aliphatic rings. The first kappa shape index (κ1) is 15.9. The minimum Gasteiger partial charge on any atom is -0.325 e. The molecule has 0 saturated carbocycles. The van der Waals surface area contributed by atoms with Crippen LogP contribution in [-0.2, 0) is 6.42 Å². The monoisotopic (exact) mass is 303 g/mol. The molecule has 0 fully saturated rings. The van der Waals surface area contributed by atoms with E-state index < -0.39 is 0 Å². The second-order valence-electron chi connectivity index (χ2n) is 5.94. The Balaban J connectivity index is 2.49. The summed E-state index contributed by atoms with van der Waals surface area (Å²) in [7, 11) is 0. The fourth-order valence-corrected chi connectivity index (χ4v) is 2.88. The molecule has 1 aromatic heterocycles. The van der Waals surface area contributed by atoms with Gasteiger partial charge in [-0.25, -0.2) is 4.98 Å². The van der Waals surface area contributed by atoms with Crippen molar-refractivity contribution in [2.75, 3.05) is 5.88 Å². The molecule has 0 bridgehead atoms. The van der Waals surface area contributed by atoms with Crippen molar-refractivity contribution in [2.45, 2.75) is 46.1 Å². The molecule has 1 atom stereocenters. The smallest absolute Gasteiger partial charge is 0.111 e. The van der Waals surface area contributed by atoms with Crippen LogP contribution in [0.2, 0.25) is 0 Å². The van der Waals surface area contributed by atoms with Gasteiger partial charge in [0.15, 0.2) is 0 Å². The molecule has 112 valence electrons. The lowest BCUT2D eigenvalue weighted by Gasteiger charge is -2.18. The van der Waals surface area contributed by atoms with Crippen LogP contribution in [0.5, 0.6) is 0 Å². The topological polar surface area (TPSA) is 41.6 Å². The zero-order chi connectivity index (χ0) is 15.4. The number of rotatable bonds is 6. The third-order valence-electron chi connectivity index (χ3n) is 3.83. The highest BCUT2D eigenvalue weighted by Gasteiger charge is 2.17. The average molecular weight is 304 g/mol. The highest BCUT2D eigenvalue weighted by Crippen LogP contribution is 2.27. The van der Waals surface area contributed by atoms with Gasteiger partial charge in [-0.2, -0.15) is 5.26 Å². The predicted molar refractivity (Wildman–Crippen MR) is 87.7 cm³/mol. The number of para-hydroxylation sites is 1. The van der Waals surface area contributed by atoms with Gasteiger partial charge < -0.3 is 4.57 Å². The molecule has 4 heteroatoms. The quantitative estimate of drug-likeness (QED) is 0.727. The summed E-state index contributed by atoms with van der Waals surface area (Å²) in [5.41, 5.74) is 2.49. The molecule has 0 aliphatic heterocycles. The molecule has 2 rings (SSSR count). The molecule has 0 aliphatic carbocycles. The van der Waals surface area contributed by atoms with E-state index in [9.17, 15) is 5.26 Å². The van der Waals surface area contributed by atoms with Gasteiger partial charge in [-0.05, 0) is 37.8 Å². The number of fused-ring (bicyclic) bond motifs is 1. The SMILES string of the molecule is CC(C)CCC(C)n1c(CCCl)nc2c(C#N)cccc21. The zero-order valence-electron chi connectivity index (χ0n) is 12.9. The normalized spacial score (nSPS) is 12.8. The molecule has 0 saturated heterocycles. The fraction of sp³-hybridized carbons (Fsp3) is 0.529. The van der Waals surface area contributed by atoms with Crippen molar-refractivity contribution in [3.63, 3.8) is 0 Å². The van der Waals surface area contributed by atoms with Gasteiger partial charge in [0.1, 0.15) is 17.4 Å². The Bertz CT molecular complexity index is 652. The molecule has 1 unspecified atom stereocenters. The Morgan fingerprint density at radius 1 is 1.29 bits per heavy atom. The van der Waals surface area contributed by atoms with Crippen LogP contribution in [0.4, 0.5) is 0 Å². The minimum atomic E-state index is 0.365. The molecule has 0 amide bonds. The first-order chi connectivity index (χ1) is 10.1. The second-order valence-corrected chi connectivity index (χ2v) is 6.32. The summed E-state index contributed by atoms with van der Waals surface area (Å²) in [5, 5.41) is 9.26. The maximum Gasteiger partial charge on any atom is 0.111 e. The summed E-state index contributed by atoms with van der Waals surface area (Å²) < 4.78 is 2.26. The number of aromatic nitrogens is 2. The van der Waals surface area contributed by atoms with Gasteiger partial charge in [-0.15, -0.1) is 11.6 Å². The Morgan fingerprint density at radius 2 is 2.05 bits per heavy atom. The summed E-state index contributed by atoms with van der Waals surface area (Å²) in [6, 6.07) is 8.40. The van der Waals surface area contributed by atoms with E-state index in [0.717, 1.165) is 29.7 Å². The van der Waals surface area contributed by atoms with Crippen LogP contribution >= 0.6 is 11.6 Å². The number of hydrogen-bond donors (Lipinski definition) is 0. The number of halogens is 1. The van der Waals surface area contributed by atoms with Gasteiger partial charge in [0.2, 0.25) is 0 Å². The van der Waals surface area contributed by atoms with E-state index in [0.29, 0.717) is 23.4 Å². The lowest BCUT2D eigenvalue weighted by molar-refractivity contribution is 0.438. The molecule has 0 N–H and O–H groups in total. The third kappa shape index (κ3) is 3.39. The molecule has 1 aromatic carbocycles. The van der Waals surface area contributed by atoms with Crippen molar-refractivity contribution in [1.82, 2.24) is 9.55 Å². The van der Waals surface area contributed by atoms with Crippen LogP contribution in [-0.4, -0.2) is 15.4 Å². The summed E-state index contributed by atoms with van der Waals surface area (Å²) in [5.74, 6) is 2.22. The lowest BCUT2D eigenvalue weighted by atomic mass is 10.0. The van der Waals surface area contributed by atoms with Crippen LogP contribution in [0.3, 0.4) is 0 Å². The average Bonchev–Trinajstić information content (AvgIpc) is 2.83. The van der Waals surface area contributed by atoms with E-state index in [4.69, 9.17) is 11.6 Å². The Morgan fingerprint density at radius 3 is 2.67 bits per heavy atom. The maximum atomic E-state index is 9.26. The Kier molecular flexibility index (Phi) is 5.25. The van der Waals surface area contributed by atoms with Gasteiger partial charge in [0, 0.05) is 18.3 Å². The summed E-state index contributed by atoms with van der Waals surface area (Å²) in [6.07, 6.45) is 3.02. The summed E-state index contributed by atoms with van der Waals surface area (Å²) in [6.45, 7) is 6.71. The molecule has 1 heterocycles. The molecule has 3 nitrogen and oxygen atoms in total. The second kappa shape index (κ2) is 6.95. The van der Waals surface area contributed by atoms with Crippen LogP contribution in [0, 0.1) is 17.2 Å². The Labute approximate surface area is 131 Å². The van der Waals surface area contributed by atoms with Gasteiger partial charge >= 0.3 is 0 Å². The molecule has 0 spiro atoms. The number of benzene rings is 1. The van der Waals surface area contributed by atoms with Crippen molar-refractivity contribution in [3.05, 3.63) is 29.6 Å². The first-order valence-corrected chi connectivity index (χ1v) is 8.07. The van der Waals surface area contributed by atoms with E-state index in [1.807, 2.05) is 18.2 Å². The van der Waals surface area contributed by atoms with Crippen molar-refractivity contribution >= 4 is 22.6 Å². The molecular weight excluding hydrogens is 282 g/mol. The highest BCUT2D eigenvalue weighted by atomic mass is 35.5. The van der Waals surface area contributed by atoms with Crippen molar-refractivity contribution < 1.29 is 0 Å². The number of hydrogen-bond acceptors (Lipinski definition) is 2. The van der Waals surface area contributed by atoms with Gasteiger partial charge in [-0.3, -0.25) is 0 Å². The van der Waals surface area contributed by atoms with E-state index in [2.05, 4.69) is 36.4 Å². The molecule has 21 heavy (non-hydrogen) atoms. The number of nitrogens with zero attached hydrogens (tertiary/aromatic N) is 3. The number of alkyl halides is 1. The van der Waals surface area contributed by atoms with Gasteiger partial charge in [-0.1, -0.05) is 19.9 Å². The van der Waals surface area contributed by atoms with E-state index >= 15 is 0 Å². The standard InChI is InChI=1S/C17H22ClN3/c1-12(2)7-8-13(3)21-15-6-4-5-14(11-19)17(15)20-16(21)9-10-18/h4-6,12-13H,7-10H2,1-3H3. The van der Waals surface area contributed by atoms with E-state index in [1.54, 1.807) is 0 Å². The van der Waals surface area contributed by atoms with E-state index in [-0.39, 0.29) is 0 Å². The fourth-order valence-electron chi connectivity index (χ4n) is 2.71. The van der Waals surface area contributed by atoms with Crippen molar-refractivity contribution in [2.24, 2.45) is 5.92 Å². The van der Waals surface area contributed by atoms with E-state index in [1.165, 1.54) is 6.42 Å². The van der Waals surface area contributed by atoms with Crippen molar-refractivity contribution in [1.29, 1.82) is 5.26 Å². The van der Waals surface area contributed by atoms with Crippen LogP contribution in [0.25, 0.3) is 11.0 Å². The maximum absolute atomic E-state index is 9.26. The molecule has 2 aromatic rings. The Hall–Kier alpha value is -1.53. The number of aryl methyl sites for hydroxylation is 1. The van der Waals surface area contributed by atoms with Crippen LogP contribution in [0.15, 0.2) is 18.2 Å². The highest BCUT2D eigenvalue weighted by molar-refractivity contribution is 6.17. The summed E-state index contributed by atoms with van der Waals surface area (Å²) in [4.78, 5) is 4.68. The number of nitriles is 1.